The number of hydrogen-bond acceptors (Lipinski definition) is 3. The highest BCUT2D eigenvalue weighted by Crippen LogP contribution is 2.25. The van der Waals surface area contributed by atoms with E-state index in [0.717, 1.165) is 22.6 Å². The number of hydrogen-bond donors (Lipinski definition) is 0. The van der Waals surface area contributed by atoms with Crippen LogP contribution in [-0.2, 0) is 12.0 Å². The van der Waals surface area contributed by atoms with Crippen LogP contribution in [0.25, 0.3) is 11.2 Å². The van der Waals surface area contributed by atoms with E-state index in [1.54, 1.807) is 0 Å². The quantitative estimate of drug-likeness (QED) is 0.813. The van der Waals surface area contributed by atoms with Crippen molar-refractivity contribution in [3.05, 3.63) is 23.7 Å². The fraction of sp³-hybridized carbons (Fsp3) is 0.500. The molecule has 0 saturated carbocycles. The van der Waals surface area contributed by atoms with Gasteiger partial charge in [0.05, 0.1) is 12.5 Å². The fourth-order valence-electron chi connectivity index (χ4n) is 2.06. The van der Waals surface area contributed by atoms with Gasteiger partial charge in [0.1, 0.15) is 11.3 Å². The number of imidazole rings is 1. The number of fused-ring (bicyclic) bond motifs is 1. The van der Waals surface area contributed by atoms with E-state index in [0.29, 0.717) is 13.0 Å². The molecule has 18 heavy (non-hydrogen) atoms. The lowest BCUT2D eigenvalue weighted by Crippen LogP contribution is -2.19. The van der Waals surface area contributed by atoms with Crippen LogP contribution in [0.3, 0.4) is 0 Å². The van der Waals surface area contributed by atoms with Crippen molar-refractivity contribution in [1.29, 1.82) is 5.26 Å². The average Bonchev–Trinajstić information content (AvgIpc) is 2.63. The SMILES string of the molecule is Cc1cnc2c(c1)nc(C(C)(C)C)n2CCC#N. The van der Waals surface area contributed by atoms with Crippen molar-refractivity contribution in [3.8, 4) is 6.07 Å². The Morgan fingerprint density at radius 3 is 2.72 bits per heavy atom. The number of rotatable bonds is 2. The lowest BCUT2D eigenvalue weighted by molar-refractivity contribution is 0.505. The van der Waals surface area contributed by atoms with Crippen molar-refractivity contribution in [1.82, 2.24) is 14.5 Å². The Balaban J connectivity index is 2.65. The molecule has 0 bridgehead atoms. The van der Waals surface area contributed by atoms with Gasteiger partial charge in [0, 0.05) is 18.2 Å². The van der Waals surface area contributed by atoms with E-state index < -0.39 is 0 Å². The van der Waals surface area contributed by atoms with Gasteiger partial charge in [-0.05, 0) is 18.6 Å². The van der Waals surface area contributed by atoms with Gasteiger partial charge in [-0.15, -0.1) is 0 Å². The molecule has 4 nitrogen and oxygen atoms in total. The normalized spacial score (nSPS) is 11.7. The van der Waals surface area contributed by atoms with Gasteiger partial charge in [0.25, 0.3) is 0 Å². The van der Waals surface area contributed by atoms with Crippen LogP contribution in [0.1, 0.15) is 38.6 Å². The highest BCUT2D eigenvalue weighted by atomic mass is 15.1. The van der Waals surface area contributed by atoms with E-state index in [2.05, 4.69) is 41.4 Å². The largest absolute Gasteiger partial charge is 0.311 e. The van der Waals surface area contributed by atoms with Crippen LogP contribution in [-0.4, -0.2) is 14.5 Å². The molecule has 94 valence electrons. The third-order valence-electron chi connectivity index (χ3n) is 2.84. The number of aryl methyl sites for hydroxylation is 2. The first-order valence-corrected chi connectivity index (χ1v) is 6.14. The van der Waals surface area contributed by atoms with Gasteiger partial charge in [-0.2, -0.15) is 5.26 Å². The second kappa shape index (κ2) is 4.41. The minimum absolute atomic E-state index is 0.0515. The molecule has 0 aliphatic carbocycles. The number of pyridine rings is 1. The topological polar surface area (TPSA) is 54.5 Å². The van der Waals surface area contributed by atoms with Gasteiger partial charge in [0.2, 0.25) is 0 Å². The zero-order chi connectivity index (χ0) is 13.3. The van der Waals surface area contributed by atoms with Gasteiger partial charge in [-0.25, -0.2) is 9.97 Å². The van der Waals surface area contributed by atoms with Crippen LogP contribution in [0.5, 0.6) is 0 Å². The predicted octanol–water partition coefficient (Wildman–Crippen LogP) is 2.95. The molecule has 0 saturated heterocycles. The van der Waals surface area contributed by atoms with Crippen molar-refractivity contribution >= 4 is 11.2 Å². The first-order chi connectivity index (χ1) is 8.43. The maximum Gasteiger partial charge on any atom is 0.160 e. The monoisotopic (exact) mass is 242 g/mol. The van der Waals surface area contributed by atoms with Crippen molar-refractivity contribution in [3.63, 3.8) is 0 Å². The summed E-state index contributed by atoms with van der Waals surface area (Å²) in [4.78, 5) is 9.15. The fourth-order valence-corrected chi connectivity index (χ4v) is 2.06. The minimum Gasteiger partial charge on any atom is -0.311 e. The Hall–Kier alpha value is -1.89. The Morgan fingerprint density at radius 1 is 1.39 bits per heavy atom. The van der Waals surface area contributed by atoms with Crippen molar-refractivity contribution < 1.29 is 0 Å². The molecule has 0 aliphatic rings. The zero-order valence-corrected chi connectivity index (χ0v) is 11.4. The van der Waals surface area contributed by atoms with Gasteiger partial charge in [-0.1, -0.05) is 20.8 Å². The summed E-state index contributed by atoms with van der Waals surface area (Å²) < 4.78 is 2.07. The molecule has 2 aromatic heterocycles. The molecule has 0 unspecified atom stereocenters. The lowest BCUT2D eigenvalue weighted by atomic mass is 9.95. The van der Waals surface area contributed by atoms with E-state index >= 15 is 0 Å². The van der Waals surface area contributed by atoms with Crippen molar-refractivity contribution in [2.75, 3.05) is 0 Å². The van der Waals surface area contributed by atoms with E-state index in [9.17, 15) is 0 Å². The third kappa shape index (κ3) is 2.21. The van der Waals surface area contributed by atoms with Gasteiger partial charge in [0.15, 0.2) is 5.65 Å². The Kier molecular flexibility index (Phi) is 3.08. The Labute approximate surface area is 107 Å². The summed E-state index contributed by atoms with van der Waals surface area (Å²) in [7, 11) is 0. The maximum atomic E-state index is 8.77. The van der Waals surface area contributed by atoms with Crippen LogP contribution in [0.2, 0.25) is 0 Å². The smallest absolute Gasteiger partial charge is 0.160 e. The molecule has 2 heterocycles. The van der Waals surface area contributed by atoms with E-state index in [1.807, 2.05) is 19.2 Å². The maximum absolute atomic E-state index is 8.77. The summed E-state index contributed by atoms with van der Waals surface area (Å²) in [6.07, 6.45) is 2.32. The van der Waals surface area contributed by atoms with E-state index in [-0.39, 0.29) is 5.41 Å². The second-order valence-corrected chi connectivity index (χ2v) is 5.60. The molecule has 0 radical (unpaired) electrons. The van der Waals surface area contributed by atoms with Crippen LogP contribution >= 0.6 is 0 Å². The molecule has 0 spiro atoms. The Bertz CT molecular complexity index is 611. The molecule has 0 aromatic carbocycles. The van der Waals surface area contributed by atoms with Crippen LogP contribution < -0.4 is 0 Å². The van der Waals surface area contributed by atoms with Crippen molar-refractivity contribution in [2.45, 2.75) is 46.1 Å². The Morgan fingerprint density at radius 2 is 2.11 bits per heavy atom. The first kappa shape index (κ1) is 12.6. The lowest BCUT2D eigenvalue weighted by Gasteiger charge is -2.19. The molecule has 0 fully saturated rings. The summed E-state index contributed by atoms with van der Waals surface area (Å²) in [5.74, 6) is 0.992. The van der Waals surface area contributed by atoms with Gasteiger partial charge in [-0.3, -0.25) is 0 Å². The minimum atomic E-state index is -0.0515. The molecule has 4 heteroatoms. The van der Waals surface area contributed by atoms with Gasteiger partial charge < -0.3 is 4.57 Å². The number of nitriles is 1. The molecule has 0 atom stereocenters. The molecule has 0 amide bonds. The zero-order valence-electron chi connectivity index (χ0n) is 11.4. The standard InChI is InChI=1S/C14H18N4/c1-10-8-11-12(16-9-10)18(7-5-6-15)13(17-11)14(2,3)4/h8-9H,5,7H2,1-4H3. The molecule has 0 aliphatic heterocycles. The first-order valence-electron chi connectivity index (χ1n) is 6.14. The summed E-state index contributed by atoms with van der Waals surface area (Å²) in [5, 5.41) is 8.77. The second-order valence-electron chi connectivity index (χ2n) is 5.60. The average molecular weight is 242 g/mol. The summed E-state index contributed by atoms with van der Waals surface area (Å²) in [6, 6.07) is 4.23. The van der Waals surface area contributed by atoms with Crippen LogP contribution in [0, 0.1) is 18.3 Å². The highest BCUT2D eigenvalue weighted by molar-refractivity contribution is 5.72. The summed E-state index contributed by atoms with van der Waals surface area (Å²) >= 11 is 0. The van der Waals surface area contributed by atoms with Crippen molar-refractivity contribution in [2.24, 2.45) is 0 Å². The highest BCUT2D eigenvalue weighted by Gasteiger charge is 2.23. The van der Waals surface area contributed by atoms with E-state index in [1.165, 1.54) is 0 Å². The third-order valence-corrected chi connectivity index (χ3v) is 2.84. The molecular formula is C14H18N4. The summed E-state index contributed by atoms with van der Waals surface area (Å²) in [5.41, 5.74) is 2.84. The summed E-state index contributed by atoms with van der Waals surface area (Å²) in [6.45, 7) is 9.05. The van der Waals surface area contributed by atoms with Crippen LogP contribution in [0.15, 0.2) is 12.3 Å². The van der Waals surface area contributed by atoms with Crippen LogP contribution in [0.4, 0.5) is 0 Å². The molecular weight excluding hydrogens is 224 g/mol. The van der Waals surface area contributed by atoms with Gasteiger partial charge >= 0.3 is 0 Å². The molecule has 0 N–H and O–H groups in total. The number of aromatic nitrogens is 3. The molecule has 2 aromatic rings. The predicted molar refractivity (Wildman–Crippen MR) is 71.2 cm³/mol. The molecule has 2 rings (SSSR count). The van der Waals surface area contributed by atoms with E-state index in [4.69, 9.17) is 5.26 Å². The number of nitrogens with zero attached hydrogens (tertiary/aromatic N) is 4.